The lowest BCUT2D eigenvalue weighted by molar-refractivity contribution is 0.0728. The summed E-state index contributed by atoms with van der Waals surface area (Å²) in [5.74, 6) is -3.53. The maximum atomic E-state index is 14.2. The molecule has 0 saturated carbocycles. The molecule has 0 aliphatic carbocycles. The molecule has 0 bridgehead atoms. The monoisotopic (exact) mass is 370 g/mol. The summed E-state index contributed by atoms with van der Waals surface area (Å²) in [6, 6.07) is 10.8. The normalized spacial score (nSPS) is 11.3. The quantitative estimate of drug-likeness (QED) is 0.313. The Balaban J connectivity index is 1.79. The number of halogens is 3. The molecule has 0 N–H and O–H groups in total. The largest absolute Gasteiger partial charge is 0.420 e. The number of carbonyl (C=O) groups excluding carboxylic acids is 1. The van der Waals surface area contributed by atoms with Crippen LogP contribution in [-0.2, 0) is 6.42 Å². The highest BCUT2D eigenvalue weighted by molar-refractivity contribution is 5.96. The van der Waals surface area contributed by atoms with Crippen molar-refractivity contribution in [2.75, 3.05) is 0 Å². The molecule has 27 heavy (non-hydrogen) atoms. The SMILES string of the molecule is C/C=C/CCc1ccc(OC(=O)c2ccc3c(F)c(F)ccc3c2)c(F)c1. The number of ether oxygens (including phenoxy) is 1. The molecule has 3 aromatic carbocycles. The fraction of sp³-hybridized carbons (Fsp3) is 0.136. The van der Waals surface area contributed by atoms with Crippen LogP contribution in [0.25, 0.3) is 10.8 Å². The first kappa shape index (κ1) is 18.7. The summed E-state index contributed by atoms with van der Waals surface area (Å²) in [5, 5.41) is 0.409. The number of carbonyl (C=O) groups is 1. The van der Waals surface area contributed by atoms with Crippen LogP contribution in [0.15, 0.2) is 60.7 Å². The van der Waals surface area contributed by atoms with E-state index in [0.717, 1.165) is 18.1 Å². The summed E-state index contributed by atoms with van der Waals surface area (Å²) in [4.78, 5) is 12.3. The van der Waals surface area contributed by atoms with E-state index in [1.54, 1.807) is 6.07 Å². The topological polar surface area (TPSA) is 26.3 Å². The van der Waals surface area contributed by atoms with Gasteiger partial charge in [-0.15, -0.1) is 0 Å². The third kappa shape index (κ3) is 4.19. The molecule has 5 heteroatoms. The lowest BCUT2D eigenvalue weighted by atomic mass is 10.1. The van der Waals surface area contributed by atoms with Crippen LogP contribution in [0.3, 0.4) is 0 Å². The minimum Gasteiger partial charge on any atom is -0.420 e. The first-order valence-electron chi connectivity index (χ1n) is 8.49. The minimum absolute atomic E-state index is 0.0585. The van der Waals surface area contributed by atoms with Gasteiger partial charge in [-0.25, -0.2) is 18.0 Å². The lowest BCUT2D eigenvalue weighted by Gasteiger charge is -2.08. The van der Waals surface area contributed by atoms with Crippen LogP contribution in [-0.4, -0.2) is 5.97 Å². The second kappa shape index (κ2) is 8.08. The Hall–Kier alpha value is -3.08. The van der Waals surface area contributed by atoms with Crippen molar-refractivity contribution in [3.63, 3.8) is 0 Å². The highest BCUT2D eigenvalue weighted by Crippen LogP contribution is 2.24. The molecule has 0 unspecified atom stereocenters. The second-order valence-corrected chi connectivity index (χ2v) is 6.06. The van der Waals surface area contributed by atoms with Crippen LogP contribution in [0.2, 0.25) is 0 Å². The molecule has 0 fully saturated rings. The molecule has 0 heterocycles. The van der Waals surface area contributed by atoms with E-state index >= 15 is 0 Å². The summed E-state index contributed by atoms with van der Waals surface area (Å²) >= 11 is 0. The molecule has 0 aromatic heterocycles. The van der Waals surface area contributed by atoms with Crippen LogP contribution in [0.5, 0.6) is 5.75 Å². The second-order valence-electron chi connectivity index (χ2n) is 6.06. The highest BCUT2D eigenvalue weighted by atomic mass is 19.2. The Morgan fingerprint density at radius 2 is 1.81 bits per heavy atom. The minimum atomic E-state index is -0.980. The maximum Gasteiger partial charge on any atom is 0.343 e. The van der Waals surface area contributed by atoms with Gasteiger partial charge in [-0.1, -0.05) is 30.4 Å². The number of rotatable bonds is 5. The molecular formula is C22H17F3O2. The van der Waals surface area contributed by atoms with E-state index in [4.69, 9.17) is 4.74 Å². The number of esters is 1. The molecule has 0 saturated heterocycles. The highest BCUT2D eigenvalue weighted by Gasteiger charge is 2.15. The van der Waals surface area contributed by atoms with Crippen LogP contribution < -0.4 is 4.74 Å². The summed E-state index contributed by atoms with van der Waals surface area (Å²) < 4.78 is 46.3. The Morgan fingerprint density at radius 3 is 2.56 bits per heavy atom. The van der Waals surface area contributed by atoms with Gasteiger partial charge in [0.05, 0.1) is 5.56 Å². The van der Waals surface area contributed by atoms with E-state index in [1.807, 2.05) is 19.1 Å². The maximum absolute atomic E-state index is 14.2. The van der Waals surface area contributed by atoms with E-state index in [-0.39, 0.29) is 16.7 Å². The number of aryl methyl sites for hydroxylation is 1. The summed E-state index contributed by atoms with van der Waals surface area (Å²) in [5.41, 5.74) is 0.915. The Morgan fingerprint density at radius 1 is 1.00 bits per heavy atom. The number of hydrogen-bond acceptors (Lipinski definition) is 2. The average Bonchev–Trinajstić information content (AvgIpc) is 2.66. The number of benzene rings is 3. The molecule has 2 nitrogen and oxygen atoms in total. The van der Waals surface area contributed by atoms with Crippen LogP contribution >= 0.6 is 0 Å². The summed E-state index contributed by atoms with van der Waals surface area (Å²) in [6.07, 6.45) is 5.39. The lowest BCUT2D eigenvalue weighted by Crippen LogP contribution is -2.09. The fourth-order valence-corrected chi connectivity index (χ4v) is 2.75. The van der Waals surface area contributed by atoms with Gasteiger partial charge in [-0.05, 0) is 61.0 Å². The van der Waals surface area contributed by atoms with E-state index in [0.29, 0.717) is 11.8 Å². The van der Waals surface area contributed by atoms with Gasteiger partial charge in [0.15, 0.2) is 23.2 Å². The van der Waals surface area contributed by atoms with Gasteiger partial charge in [-0.2, -0.15) is 0 Å². The zero-order valence-corrected chi connectivity index (χ0v) is 14.6. The number of allylic oxidation sites excluding steroid dienone is 2. The van der Waals surface area contributed by atoms with Gasteiger partial charge >= 0.3 is 5.97 Å². The van der Waals surface area contributed by atoms with Gasteiger partial charge in [0, 0.05) is 5.39 Å². The van der Waals surface area contributed by atoms with Gasteiger partial charge < -0.3 is 4.74 Å². The van der Waals surface area contributed by atoms with Crippen molar-refractivity contribution in [3.05, 3.63) is 89.3 Å². The molecule has 0 amide bonds. The molecular weight excluding hydrogens is 353 g/mol. The first-order valence-corrected chi connectivity index (χ1v) is 8.49. The van der Waals surface area contributed by atoms with Gasteiger partial charge in [0.1, 0.15) is 0 Å². The van der Waals surface area contributed by atoms with Crippen LogP contribution in [0.4, 0.5) is 13.2 Å². The third-order valence-electron chi connectivity index (χ3n) is 4.18. The van der Waals surface area contributed by atoms with E-state index in [1.165, 1.54) is 36.4 Å². The van der Waals surface area contributed by atoms with Crippen molar-refractivity contribution in [2.45, 2.75) is 19.8 Å². The van der Waals surface area contributed by atoms with Crippen LogP contribution in [0, 0.1) is 17.5 Å². The van der Waals surface area contributed by atoms with Gasteiger partial charge in [0.25, 0.3) is 0 Å². The van der Waals surface area contributed by atoms with E-state index in [9.17, 15) is 18.0 Å². The van der Waals surface area contributed by atoms with Gasteiger partial charge in [-0.3, -0.25) is 0 Å². The van der Waals surface area contributed by atoms with Crippen molar-refractivity contribution < 1.29 is 22.7 Å². The van der Waals surface area contributed by atoms with Crippen molar-refractivity contribution in [2.24, 2.45) is 0 Å². The molecule has 0 spiro atoms. The predicted molar refractivity (Wildman–Crippen MR) is 98.4 cm³/mol. The zero-order valence-electron chi connectivity index (χ0n) is 14.6. The van der Waals surface area contributed by atoms with Crippen molar-refractivity contribution >= 4 is 16.7 Å². The Kier molecular flexibility index (Phi) is 5.60. The number of fused-ring (bicyclic) bond motifs is 1. The average molecular weight is 370 g/mol. The van der Waals surface area contributed by atoms with Crippen molar-refractivity contribution in [3.8, 4) is 5.75 Å². The summed E-state index contributed by atoms with van der Waals surface area (Å²) in [7, 11) is 0. The smallest absolute Gasteiger partial charge is 0.343 e. The molecule has 3 aromatic rings. The van der Waals surface area contributed by atoms with E-state index < -0.39 is 23.4 Å². The first-order chi connectivity index (χ1) is 13.0. The van der Waals surface area contributed by atoms with Crippen molar-refractivity contribution in [1.29, 1.82) is 0 Å². The zero-order chi connectivity index (χ0) is 19.4. The molecule has 138 valence electrons. The predicted octanol–water partition coefficient (Wildman–Crippen LogP) is 5.99. The Labute approximate surface area is 154 Å². The van der Waals surface area contributed by atoms with Crippen molar-refractivity contribution in [1.82, 2.24) is 0 Å². The molecule has 0 radical (unpaired) electrons. The van der Waals surface area contributed by atoms with E-state index in [2.05, 4.69) is 0 Å². The van der Waals surface area contributed by atoms with Crippen LogP contribution in [0.1, 0.15) is 29.3 Å². The molecule has 3 rings (SSSR count). The summed E-state index contributed by atoms with van der Waals surface area (Å²) in [6.45, 7) is 1.92. The number of hydrogen-bond donors (Lipinski definition) is 0. The molecule has 0 atom stereocenters. The standard InChI is InChI=1S/C22H17F3O2/c1-2-3-4-5-14-6-11-20(19(24)12-14)27-22(26)16-7-9-17-15(13-16)8-10-18(23)21(17)25/h2-3,6-13H,4-5H2,1H3/b3-2+. The molecule has 0 aliphatic rings. The Bertz CT molecular complexity index is 1030. The third-order valence-corrected chi connectivity index (χ3v) is 4.18. The van der Waals surface area contributed by atoms with Gasteiger partial charge in [0.2, 0.25) is 0 Å². The molecule has 0 aliphatic heterocycles. The fourth-order valence-electron chi connectivity index (χ4n) is 2.75.